The molecule has 1 aromatic carbocycles. The first-order chi connectivity index (χ1) is 12.6. The number of hydrogen-bond donors (Lipinski definition) is 1. The van der Waals surface area contributed by atoms with Crippen LogP contribution in [0.25, 0.3) is 0 Å². The van der Waals surface area contributed by atoms with Crippen molar-refractivity contribution in [1.82, 2.24) is 5.32 Å². The van der Waals surface area contributed by atoms with Gasteiger partial charge in [0, 0.05) is 12.1 Å². The SMILES string of the molecule is CCOc1ccc(CCNC(=O)C2=C(C)C(=O)OC23CCCCC3)cc1. The van der Waals surface area contributed by atoms with E-state index < -0.39 is 5.60 Å². The summed E-state index contributed by atoms with van der Waals surface area (Å²) in [6.45, 7) is 4.82. The minimum absolute atomic E-state index is 0.166. The minimum atomic E-state index is -0.692. The standard InChI is InChI=1S/C21H27NO4/c1-3-25-17-9-7-16(8-10-17)11-14-22-19(23)18-15(2)20(24)26-21(18)12-5-4-6-13-21/h7-10H,3-6,11-14H2,1-2H3,(H,22,23). The number of esters is 1. The van der Waals surface area contributed by atoms with E-state index in [9.17, 15) is 9.59 Å². The summed E-state index contributed by atoms with van der Waals surface area (Å²) in [5.74, 6) is 0.340. The van der Waals surface area contributed by atoms with Gasteiger partial charge in [0.25, 0.3) is 5.91 Å². The van der Waals surface area contributed by atoms with Crippen molar-refractivity contribution in [2.24, 2.45) is 0 Å². The molecule has 0 bridgehead atoms. The molecule has 140 valence electrons. The average Bonchev–Trinajstić information content (AvgIpc) is 2.87. The summed E-state index contributed by atoms with van der Waals surface area (Å²) in [7, 11) is 0. The molecule has 0 unspecified atom stereocenters. The van der Waals surface area contributed by atoms with Gasteiger partial charge in [0.05, 0.1) is 12.2 Å². The van der Waals surface area contributed by atoms with Gasteiger partial charge in [-0.05, 0) is 63.6 Å². The molecule has 2 aliphatic rings. The van der Waals surface area contributed by atoms with Crippen LogP contribution in [0.3, 0.4) is 0 Å². The van der Waals surface area contributed by atoms with Crippen LogP contribution >= 0.6 is 0 Å². The smallest absolute Gasteiger partial charge is 0.335 e. The maximum Gasteiger partial charge on any atom is 0.335 e. The molecule has 1 aromatic rings. The summed E-state index contributed by atoms with van der Waals surface area (Å²) in [6, 6.07) is 7.89. The Hall–Kier alpha value is -2.30. The lowest BCUT2D eigenvalue weighted by Gasteiger charge is -2.34. The van der Waals surface area contributed by atoms with Gasteiger partial charge in [0.15, 0.2) is 0 Å². The number of rotatable bonds is 6. The molecule has 26 heavy (non-hydrogen) atoms. The zero-order chi connectivity index (χ0) is 18.6. The van der Waals surface area contributed by atoms with Gasteiger partial charge in [0.1, 0.15) is 11.4 Å². The average molecular weight is 357 g/mol. The van der Waals surface area contributed by atoms with E-state index >= 15 is 0 Å². The molecule has 1 fully saturated rings. The van der Waals surface area contributed by atoms with Crippen molar-refractivity contribution in [2.45, 2.75) is 58.0 Å². The van der Waals surface area contributed by atoms with Crippen molar-refractivity contribution in [2.75, 3.05) is 13.2 Å². The third-order valence-electron chi connectivity index (χ3n) is 5.25. The second-order valence-electron chi connectivity index (χ2n) is 7.03. The molecule has 1 N–H and O–H groups in total. The van der Waals surface area contributed by atoms with Crippen molar-refractivity contribution in [1.29, 1.82) is 0 Å². The van der Waals surface area contributed by atoms with Gasteiger partial charge < -0.3 is 14.8 Å². The van der Waals surface area contributed by atoms with E-state index in [0.29, 0.717) is 24.3 Å². The summed E-state index contributed by atoms with van der Waals surface area (Å²) in [5.41, 5.74) is 1.45. The summed E-state index contributed by atoms with van der Waals surface area (Å²) in [6.07, 6.45) is 5.33. The van der Waals surface area contributed by atoms with E-state index in [1.165, 1.54) is 0 Å². The zero-order valence-corrected chi connectivity index (χ0v) is 15.6. The molecule has 0 saturated heterocycles. The molecular weight excluding hydrogens is 330 g/mol. The lowest BCUT2D eigenvalue weighted by atomic mass is 9.78. The molecule has 1 aliphatic heterocycles. The Morgan fingerprint density at radius 2 is 1.88 bits per heavy atom. The summed E-state index contributed by atoms with van der Waals surface area (Å²) >= 11 is 0. The summed E-state index contributed by atoms with van der Waals surface area (Å²) in [4.78, 5) is 24.9. The first kappa shape index (κ1) is 18.5. The van der Waals surface area contributed by atoms with Gasteiger partial charge in [-0.15, -0.1) is 0 Å². The molecule has 0 radical (unpaired) electrons. The number of hydrogen-bond acceptors (Lipinski definition) is 4. The van der Waals surface area contributed by atoms with Crippen LogP contribution in [-0.4, -0.2) is 30.6 Å². The predicted octanol–water partition coefficient (Wildman–Crippen LogP) is 3.32. The van der Waals surface area contributed by atoms with E-state index in [0.717, 1.165) is 49.8 Å². The molecule has 5 heteroatoms. The Kier molecular flexibility index (Phi) is 5.64. The number of benzene rings is 1. The van der Waals surface area contributed by atoms with Crippen molar-refractivity contribution in [3.63, 3.8) is 0 Å². The van der Waals surface area contributed by atoms with Crippen LogP contribution in [0.15, 0.2) is 35.4 Å². The summed E-state index contributed by atoms with van der Waals surface area (Å²) < 4.78 is 11.1. The molecule has 3 rings (SSSR count). The highest BCUT2D eigenvalue weighted by atomic mass is 16.6. The van der Waals surface area contributed by atoms with Gasteiger partial charge in [-0.25, -0.2) is 4.79 Å². The van der Waals surface area contributed by atoms with Crippen LogP contribution < -0.4 is 10.1 Å². The maximum absolute atomic E-state index is 12.8. The van der Waals surface area contributed by atoms with Crippen molar-refractivity contribution in [3.8, 4) is 5.75 Å². The molecule has 1 saturated carbocycles. The van der Waals surface area contributed by atoms with Gasteiger partial charge in [-0.1, -0.05) is 18.6 Å². The van der Waals surface area contributed by atoms with Gasteiger partial charge in [0.2, 0.25) is 0 Å². The topological polar surface area (TPSA) is 64.6 Å². The number of carbonyl (C=O) groups is 2. The lowest BCUT2D eigenvalue weighted by Crippen LogP contribution is -2.41. The van der Waals surface area contributed by atoms with Crippen LogP contribution in [0, 0.1) is 0 Å². The Bertz CT molecular complexity index is 699. The fourth-order valence-corrected chi connectivity index (χ4v) is 3.93. The lowest BCUT2D eigenvalue weighted by molar-refractivity contribution is -0.149. The molecule has 1 spiro atoms. The van der Waals surface area contributed by atoms with Crippen LogP contribution in [0.5, 0.6) is 5.75 Å². The van der Waals surface area contributed by atoms with Gasteiger partial charge in [-0.3, -0.25) is 4.79 Å². The Labute approximate surface area is 154 Å². The number of nitrogens with one attached hydrogen (secondary N) is 1. The molecule has 0 aromatic heterocycles. The van der Waals surface area contributed by atoms with Crippen LogP contribution in [0.1, 0.15) is 51.5 Å². The summed E-state index contributed by atoms with van der Waals surface area (Å²) in [5, 5.41) is 2.98. The molecule has 5 nitrogen and oxygen atoms in total. The molecule has 0 atom stereocenters. The van der Waals surface area contributed by atoms with Crippen LogP contribution in [0.2, 0.25) is 0 Å². The fourth-order valence-electron chi connectivity index (χ4n) is 3.93. The fraction of sp³-hybridized carbons (Fsp3) is 0.524. The van der Waals surface area contributed by atoms with E-state index in [1.807, 2.05) is 31.2 Å². The maximum atomic E-state index is 12.8. The second-order valence-corrected chi connectivity index (χ2v) is 7.03. The normalized spacial score (nSPS) is 18.8. The number of amides is 1. The third kappa shape index (κ3) is 3.76. The minimum Gasteiger partial charge on any atom is -0.494 e. The highest BCUT2D eigenvalue weighted by Crippen LogP contribution is 2.43. The van der Waals surface area contributed by atoms with Crippen molar-refractivity contribution < 1.29 is 19.1 Å². The number of ether oxygens (including phenoxy) is 2. The van der Waals surface area contributed by atoms with Crippen LogP contribution in [0.4, 0.5) is 0 Å². The zero-order valence-electron chi connectivity index (χ0n) is 15.6. The first-order valence-corrected chi connectivity index (χ1v) is 9.50. The second kappa shape index (κ2) is 7.94. The first-order valence-electron chi connectivity index (χ1n) is 9.50. The molecule has 1 heterocycles. The highest BCUT2D eigenvalue weighted by Gasteiger charge is 2.49. The molecule has 1 aliphatic carbocycles. The Morgan fingerprint density at radius 3 is 2.54 bits per heavy atom. The molecular formula is C21H27NO4. The van der Waals surface area contributed by atoms with Crippen molar-refractivity contribution in [3.05, 3.63) is 41.0 Å². The monoisotopic (exact) mass is 357 g/mol. The quantitative estimate of drug-likeness (QED) is 0.793. The van der Waals surface area contributed by atoms with E-state index in [2.05, 4.69) is 5.32 Å². The molecule has 1 amide bonds. The van der Waals surface area contributed by atoms with E-state index in [1.54, 1.807) is 6.92 Å². The van der Waals surface area contributed by atoms with E-state index in [4.69, 9.17) is 9.47 Å². The van der Waals surface area contributed by atoms with E-state index in [-0.39, 0.29) is 11.9 Å². The Morgan fingerprint density at radius 1 is 1.19 bits per heavy atom. The van der Waals surface area contributed by atoms with Gasteiger partial charge in [-0.2, -0.15) is 0 Å². The third-order valence-corrected chi connectivity index (χ3v) is 5.25. The van der Waals surface area contributed by atoms with Gasteiger partial charge >= 0.3 is 5.97 Å². The predicted molar refractivity (Wildman–Crippen MR) is 98.9 cm³/mol. The Balaban J connectivity index is 1.60. The highest BCUT2D eigenvalue weighted by molar-refractivity contribution is 6.07. The number of carbonyl (C=O) groups excluding carboxylic acids is 2. The van der Waals surface area contributed by atoms with Crippen molar-refractivity contribution >= 4 is 11.9 Å². The largest absolute Gasteiger partial charge is 0.494 e. The van der Waals surface area contributed by atoms with Crippen LogP contribution in [-0.2, 0) is 20.7 Å².